The highest BCUT2D eigenvalue weighted by Crippen LogP contribution is 2.44. The maximum absolute atomic E-state index is 12.1. The molecular weight excluding hydrogens is 461 g/mol. The minimum absolute atomic E-state index is 0.129. The molecule has 0 saturated carbocycles. The Morgan fingerprint density at radius 3 is 1.51 bits per heavy atom. The summed E-state index contributed by atoms with van der Waals surface area (Å²) in [6.07, 6.45) is 21.8. The minimum atomic E-state index is -4.02. The van der Waals surface area contributed by atoms with Gasteiger partial charge in [0.05, 0.1) is 34.4 Å². The Morgan fingerprint density at radius 1 is 0.657 bits per heavy atom. The van der Waals surface area contributed by atoms with Gasteiger partial charge in [-0.1, -0.05) is 117 Å². The van der Waals surface area contributed by atoms with Crippen molar-refractivity contribution in [2.75, 3.05) is 54.1 Å². The molecule has 0 saturated heterocycles. The van der Waals surface area contributed by atoms with E-state index in [2.05, 4.69) is 6.92 Å². The number of phosphoric ester groups is 1. The molecular formula is C28H61NO5P+. The number of quaternary nitrogens is 1. The van der Waals surface area contributed by atoms with Crippen LogP contribution in [-0.2, 0) is 18.3 Å². The molecule has 1 unspecified atom stereocenters. The zero-order chi connectivity index (χ0) is 26.5. The summed E-state index contributed by atoms with van der Waals surface area (Å²) in [6.45, 7) is 8.43. The molecule has 0 fully saturated rings. The predicted molar refractivity (Wildman–Crippen MR) is 149 cm³/mol. The highest BCUT2D eigenvalue weighted by molar-refractivity contribution is 7.47. The first-order valence-electron chi connectivity index (χ1n) is 14.5. The van der Waals surface area contributed by atoms with E-state index in [1.165, 1.54) is 96.3 Å². The highest BCUT2D eigenvalue weighted by Gasteiger charge is 2.28. The number of ether oxygens (including phenoxy) is 1. The van der Waals surface area contributed by atoms with Gasteiger partial charge in [-0.15, -0.1) is 0 Å². The lowest BCUT2D eigenvalue weighted by molar-refractivity contribution is -0.870. The van der Waals surface area contributed by atoms with Crippen molar-refractivity contribution in [1.82, 2.24) is 0 Å². The van der Waals surface area contributed by atoms with Gasteiger partial charge in [0, 0.05) is 12.0 Å². The largest absolute Gasteiger partial charge is 0.472 e. The Kier molecular flexibility index (Phi) is 21.0. The van der Waals surface area contributed by atoms with E-state index >= 15 is 0 Å². The molecule has 0 aliphatic carbocycles. The van der Waals surface area contributed by atoms with Crippen LogP contribution in [0.1, 0.15) is 124 Å². The summed E-state index contributed by atoms with van der Waals surface area (Å²) in [5.41, 5.74) is -0.336. The van der Waals surface area contributed by atoms with Gasteiger partial charge >= 0.3 is 7.82 Å². The molecule has 0 heterocycles. The van der Waals surface area contributed by atoms with Crippen molar-refractivity contribution < 1.29 is 27.7 Å². The van der Waals surface area contributed by atoms with Crippen LogP contribution in [0.25, 0.3) is 0 Å². The second-order valence-corrected chi connectivity index (χ2v) is 13.6. The molecule has 0 aromatic heterocycles. The Balaban J connectivity index is 3.51. The number of likely N-dealkylation sites (N-methyl/N-ethyl adjacent to an activating group) is 1. The Bertz CT molecular complexity index is 522. The van der Waals surface area contributed by atoms with Crippen LogP contribution in [0, 0.1) is 5.41 Å². The average Bonchev–Trinajstić information content (AvgIpc) is 2.76. The fourth-order valence-electron chi connectivity index (χ4n) is 3.87. The van der Waals surface area contributed by atoms with E-state index in [0.717, 1.165) is 13.0 Å². The molecule has 0 aliphatic rings. The summed E-state index contributed by atoms with van der Waals surface area (Å²) in [4.78, 5) is 9.87. The molecule has 0 aliphatic heterocycles. The molecule has 0 aromatic carbocycles. The number of nitrogens with zero attached hydrogens (tertiary/aromatic N) is 1. The molecule has 1 atom stereocenters. The van der Waals surface area contributed by atoms with Crippen LogP contribution < -0.4 is 0 Å². The normalized spacial score (nSPS) is 14.4. The van der Waals surface area contributed by atoms with Crippen molar-refractivity contribution in [3.63, 3.8) is 0 Å². The lowest BCUT2D eigenvalue weighted by Crippen LogP contribution is -2.37. The lowest BCUT2D eigenvalue weighted by atomic mass is 9.97. The third kappa shape index (κ3) is 26.9. The average molecular weight is 523 g/mol. The summed E-state index contributed by atoms with van der Waals surface area (Å²) in [5.74, 6) is 0. The Labute approximate surface area is 218 Å². The predicted octanol–water partition coefficient (Wildman–Crippen LogP) is 8.13. The van der Waals surface area contributed by atoms with Crippen LogP contribution in [0.15, 0.2) is 0 Å². The molecule has 0 radical (unpaired) electrons. The zero-order valence-electron chi connectivity index (χ0n) is 24.3. The van der Waals surface area contributed by atoms with E-state index in [4.69, 9.17) is 13.8 Å². The van der Waals surface area contributed by atoms with Crippen molar-refractivity contribution in [1.29, 1.82) is 0 Å². The van der Waals surface area contributed by atoms with Crippen LogP contribution in [0.4, 0.5) is 0 Å². The minimum Gasteiger partial charge on any atom is -0.381 e. The summed E-state index contributed by atoms with van der Waals surface area (Å²) < 4.78 is 28.8. The number of hydrogen-bond donors (Lipinski definition) is 1. The van der Waals surface area contributed by atoms with Crippen LogP contribution >= 0.6 is 7.82 Å². The van der Waals surface area contributed by atoms with Gasteiger partial charge in [0.1, 0.15) is 13.2 Å². The summed E-state index contributed by atoms with van der Waals surface area (Å²) in [6, 6.07) is 0. The third-order valence-electron chi connectivity index (χ3n) is 6.27. The van der Waals surface area contributed by atoms with Gasteiger partial charge in [-0.25, -0.2) is 4.57 Å². The van der Waals surface area contributed by atoms with Crippen molar-refractivity contribution in [2.24, 2.45) is 5.41 Å². The highest BCUT2D eigenvalue weighted by atomic mass is 31.2. The van der Waals surface area contributed by atoms with Crippen LogP contribution in [0.3, 0.4) is 0 Å². The second kappa shape index (κ2) is 21.0. The molecule has 212 valence electrons. The molecule has 35 heavy (non-hydrogen) atoms. The van der Waals surface area contributed by atoms with Gasteiger partial charge in [0.25, 0.3) is 0 Å². The quantitative estimate of drug-likeness (QED) is 0.0706. The SMILES string of the molecule is CCCCCCCCCCCCCCCCCCOCC(C)(C)COP(=O)(O)OCC[N+](C)(C)C. The van der Waals surface area contributed by atoms with Crippen molar-refractivity contribution in [2.45, 2.75) is 124 Å². The van der Waals surface area contributed by atoms with Gasteiger partial charge in [0.15, 0.2) is 0 Å². The van der Waals surface area contributed by atoms with E-state index in [1.807, 2.05) is 35.0 Å². The maximum atomic E-state index is 12.1. The topological polar surface area (TPSA) is 65.0 Å². The van der Waals surface area contributed by atoms with Gasteiger partial charge in [-0.05, 0) is 6.42 Å². The first-order chi connectivity index (χ1) is 16.5. The number of phosphoric acid groups is 1. The fourth-order valence-corrected chi connectivity index (χ4v) is 4.77. The van der Waals surface area contributed by atoms with E-state index in [0.29, 0.717) is 17.6 Å². The Morgan fingerprint density at radius 2 is 1.09 bits per heavy atom. The Hall–Kier alpha value is 0.0300. The van der Waals surface area contributed by atoms with E-state index < -0.39 is 7.82 Å². The van der Waals surface area contributed by atoms with Crippen molar-refractivity contribution in [3.8, 4) is 0 Å². The molecule has 0 aromatic rings. The molecule has 7 heteroatoms. The van der Waals surface area contributed by atoms with Crippen LogP contribution in [-0.4, -0.2) is 63.5 Å². The monoisotopic (exact) mass is 522 g/mol. The lowest BCUT2D eigenvalue weighted by Gasteiger charge is -2.26. The third-order valence-corrected chi connectivity index (χ3v) is 7.23. The van der Waals surface area contributed by atoms with Gasteiger partial charge < -0.3 is 14.1 Å². The first-order valence-corrected chi connectivity index (χ1v) is 16.0. The maximum Gasteiger partial charge on any atom is 0.472 e. The van der Waals surface area contributed by atoms with Gasteiger partial charge in [-0.2, -0.15) is 0 Å². The van der Waals surface area contributed by atoms with Crippen LogP contribution in [0.5, 0.6) is 0 Å². The standard InChI is InChI=1S/C28H60NO5P/c1-7-8-9-10-11-12-13-14-15-16-17-18-19-20-21-22-24-32-26-28(2,3)27-34-35(30,31)33-25-23-29(4,5)6/h7-27H2,1-6H3/p+1. The molecule has 1 N–H and O–H groups in total. The summed E-state index contributed by atoms with van der Waals surface area (Å²) >= 11 is 0. The van der Waals surface area contributed by atoms with E-state index in [9.17, 15) is 9.46 Å². The van der Waals surface area contributed by atoms with Gasteiger partial charge in [-0.3, -0.25) is 9.05 Å². The van der Waals surface area contributed by atoms with E-state index in [-0.39, 0.29) is 18.6 Å². The van der Waals surface area contributed by atoms with E-state index in [1.54, 1.807) is 0 Å². The second-order valence-electron chi connectivity index (χ2n) is 12.1. The number of rotatable bonds is 26. The van der Waals surface area contributed by atoms with Gasteiger partial charge in [0.2, 0.25) is 0 Å². The molecule has 6 nitrogen and oxygen atoms in total. The number of unbranched alkanes of at least 4 members (excludes halogenated alkanes) is 15. The molecule has 0 amide bonds. The van der Waals surface area contributed by atoms with Crippen molar-refractivity contribution in [3.05, 3.63) is 0 Å². The molecule has 0 bridgehead atoms. The smallest absolute Gasteiger partial charge is 0.381 e. The molecule has 0 spiro atoms. The summed E-state index contributed by atoms with van der Waals surface area (Å²) in [7, 11) is 2.00. The van der Waals surface area contributed by atoms with Crippen molar-refractivity contribution >= 4 is 7.82 Å². The summed E-state index contributed by atoms with van der Waals surface area (Å²) in [5, 5.41) is 0. The van der Waals surface area contributed by atoms with Crippen LogP contribution in [0.2, 0.25) is 0 Å². The molecule has 0 rings (SSSR count). The first kappa shape index (κ1) is 35.0. The zero-order valence-corrected chi connectivity index (χ0v) is 25.2. The number of hydrogen-bond acceptors (Lipinski definition) is 4. The fraction of sp³-hybridized carbons (Fsp3) is 1.00.